The second kappa shape index (κ2) is 5.92. The van der Waals surface area contributed by atoms with E-state index in [0.29, 0.717) is 11.7 Å². The number of hydrogen-bond acceptors (Lipinski definition) is 3. The zero-order chi connectivity index (χ0) is 12.5. The number of aromatic nitrogens is 2. The summed E-state index contributed by atoms with van der Waals surface area (Å²) in [5.41, 5.74) is 2.84. The van der Waals surface area contributed by atoms with Crippen molar-refractivity contribution >= 4 is 18.3 Å². The first-order chi connectivity index (χ1) is 8.81. The van der Waals surface area contributed by atoms with Crippen LogP contribution in [-0.2, 0) is 13.0 Å². The zero-order valence-electron chi connectivity index (χ0n) is 11.2. The van der Waals surface area contributed by atoms with Gasteiger partial charge in [-0.05, 0) is 19.3 Å². The molecule has 3 rings (SSSR count). The third kappa shape index (κ3) is 2.49. The maximum atomic E-state index is 12.6. The van der Waals surface area contributed by atoms with Gasteiger partial charge in [-0.15, -0.1) is 12.4 Å². The Morgan fingerprint density at radius 1 is 1.53 bits per heavy atom. The van der Waals surface area contributed by atoms with Gasteiger partial charge < -0.3 is 10.2 Å². The first-order valence-corrected chi connectivity index (χ1v) is 6.89. The Morgan fingerprint density at radius 2 is 2.37 bits per heavy atom. The molecule has 0 bridgehead atoms. The quantitative estimate of drug-likeness (QED) is 0.865. The minimum atomic E-state index is 0. The molecule has 2 aliphatic heterocycles. The molecule has 0 aromatic carbocycles. The van der Waals surface area contributed by atoms with Crippen LogP contribution < -0.4 is 5.32 Å². The third-order valence-electron chi connectivity index (χ3n) is 4.12. The molecule has 1 aromatic heterocycles. The summed E-state index contributed by atoms with van der Waals surface area (Å²) in [6.07, 6.45) is 4.23. The third-order valence-corrected chi connectivity index (χ3v) is 4.12. The Bertz CT molecular complexity index is 459. The van der Waals surface area contributed by atoms with Gasteiger partial charge in [0, 0.05) is 43.4 Å². The molecule has 0 saturated carbocycles. The lowest BCUT2D eigenvalue weighted by atomic mass is 10.1. The fraction of sp³-hybridized carbons (Fsp3) is 0.692. The van der Waals surface area contributed by atoms with E-state index in [9.17, 15) is 4.79 Å². The van der Waals surface area contributed by atoms with Gasteiger partial charge in [-0.3, -0.25) is 9.89 Å². The lowest BCUT2D eigenvalue weighted by Crippen LogP contribution is -2.36. The molecule has 19 heavy (non-hydrogen) atoms. The molecule has 106 valence electrons. The number of carbonyl (C=O) groups is 1. The van der Waals surface area contributed by atoms with Crippen molar-refractivity contribution in [3.63, 3.8) is 0 Å². The topological polar surface area (TPSA) is 61.0 Å². The smallest absolute Gasteiger partial charge is 0.274 e. The SMILES string of the molecule is CCC1CCCN1C(=O)c1n[nH]c2c1CNCC2.Cl. The number of aromatic amines is 1. The van der Waals surface area contributed by atoms with Crippen LogP contribution in [0.5, 0.6) is 0 Å². The molecule has 5 nitrogen and oxygen atoms in total. The minimum Gasteiger partial charge on any atom is -0.334 e. The van der Waals surface area contributed by atoms with Gasteiger partial charge in [0.05, 0.1) is 0 Å². The first kappa shape index (κ1) is 14.3. The molecule has 0 radical (unpaired) electrons. The number of likely N-dealkylation sites (tertiary alicyclic amines) is 1. The van der Waals surface area contributed by atoms with E-state index < -0.39 is 0 Å². The van der Waals surface area contributed by atoms with E-state index in [0.717, 1.165) is 56.6 Å². The van der Waals surface area contributed by atoms with E-state index in [1.807, 2.05) is 4.90 Å². The van der Waals surface area contributed by atoms with Gasteiger partial charge in [-0.25, -0.2) is 0 Å². The Morgan fingerprint density at radius 3 is 3.16 bits per heavy atom. The Balaban J connectivity index is 0.00000133. The highest BCUT2D eigenvalue weighted by atomic mass is 35.5. The van der Waals surface area contributed by atoms with E-state index >= 15 is 0 Å². The maximum Gasteiger partial charge on any atom is 0.274 e. The van der Waals surface area contributed by atoms with Crippen LogP contribution in [0.2, 0.25) is 0 Å². The molecule has 3 heterocycles. The van der Waals surface area contributed by atoms with Gasteiger partial charge in [-0.2, -0.15) is 5.10 Å². The Kier molecular flexibility index (Phi) is 4.47. The summed E-state index contributed by atoms with van der Waals surface area (Å²) in [4.78, 5) is 14.6. The van der Waals surface area contributed by atoms with Gasteiger partial charge in [0.25, 0.3) is 5.91 Å². The number of nitrogens with zero attached hydrogens (tertiary/aromatic N) is 2. The number of nitrogens with one attached hydrogen (secondary N) is 2. The number of hydrogen-bond donors (Lipinski definition) is 2. The van der Waals surface area contributed by atoms with Crippen molar-refractivity contribution in [3.05, 3.63) is 17.0 Å². The van der Waals surface area contributed by atoms with Gasteiger partial charge in [0.2, 0.25) is 0 Å². The van der Waals surface area contributed by atoms with E-state index in [-0.39, 0.29) is 18.3 Å². The fourth-order valence-corrected chi connectivity index (χ4v) is 3.07. The number of H-pyrrole nitrogens is 1. The van der Waals surface area contributed by atoms with Gasteiger partial charge in [-0.1, -0.05) is 6.92 Å². The van der Waals surface area contributed by atoms with Crippen LogP contribution in [0.1, 0.15) is 47.9 Å². The minimum absolute atomic E-state index is 0. The molecule has 1 aromatic rings. The summed E-state index contributed by atoms with van der Waals surface area (Å²) >= 11 is 0. The lowest BCUT2D eigenvalue weighted by molar-refractivity contribution is 0.0726. The molecule has 0 aliphatic carbocycles. The molecule has 1 unspecified atom stereocenters. The monoisotopic (exact) mass is 284 g/mol. The average molecular weight is 285 g/mol. The number of fused-ring (bicyclic) bond motifs is 1. The summed E-state index contributed by atoms with van der Waals surface area (Å²) in [5, 5.41) is 10.6. The van der Waals surface area contributed by atoms with Crippen LogP contribution in [0.15, 0.2) is 0 Å². The predicted molar refractivity (Wildman–Crippen MR) is 75.6 cm³/mol. The fourth-order valence-electron chi connectivity index (χ4n) is 3.07. The van der Waals surface area contributed by atoms with Crippen molar-refractivity contribution in [1.82, 2.24) is 20.4 Å². The second-order valence-electron chi connectivity index (χ2n) is 5.16. The van der Waals surface area contributed by atoms with Gasteiger partial charge >= 0.3 is 0 Å². The number of amides is 1. The second-order valence-corrected chi connectivity index (χ2v) is 5.16. The summed E-state index contributed by atoms with van der Waals surface area (Å²) in [6, 6.07) is 0.404. The van der Waals surface area contributed by atoms with E-state index in [4.69, 9.17) is 0 Å². The normalized spacial score (nSPS) is 21.9. The molecule has 1 amide bonds. The highest BCUT2D eigenvalue weighted by molar-refractivity contribution is 5.94. The molecular weight excluding hydrogens is 264 g/mol. The standard InChI is InChI=1S/C13H20N4O.ClH/c1-2-9-4-3-7-17(9)13(18)12-10-8-14-6-5-11(10)15-16-12;/h9,14H,2-8H2,1H3,(H,15,16);1H. The van der Waals surface area contributed by atoms with Gasteiger partial charge in [0.1, 0.15) is 0 Å². The predicted octanol–water partition coefficient (Wildman–Crippen LogP) is 1.49. The lowest BCUT2D eigenvalue weighted by Gasteiger charge is -2.23. The molecule has 0 spiro atoms. The summed E-state index contributed by atoms with van der Waals surface area (Å²) in [6.45, 7) is 4.76. The Labute approximate surface area is 119 Å². The molecule has 1 saturated heterocycles. The van der Waals surface area contributed by atoms with Crippen LogP contribution >= 0.6 is 12.4 Å². The van der Waals surface area contributed by atoms with Crippen LogP contribution in [-0.4, -0.2) is 40.1 Å². The molecule has 6 heteroatoms. The molecule has 1 atom stereocenters. The van der Waals surface area contributed by atoms with Crippen molar-refractivity contribution in [1.29, 1.82) is 0 Å². The van der Waals surface area contributed by atoms with Gasteiger partial charge in [0.15, 0.2) is 5.69 Å². The van der Waals surface area contributed by atoms with E-state index in [2.05, 4.69) is 22.4 Å². The summed E-state index contributed by atoms with van der Waals surface area (Å²) < 4.78 is 0. The Hall–Kier alpha value is -1.07. The average Bonchev–Trinajstić information content (AvgIpc) is 3.04. The highest BCUT2D eigenvalue weighted by Crippen LogP contribution is 2.24. The van der Waals surface area contributed by atoms with Crippen molar-refractivity contribution in [2.75, 3.05) is 13.1 Å². The number of carbonyl (C=O) groups excluding carboxylic acids is 1. The van der Waals surface area contributed by atoms with Crippen molar-refractivity contribution in [2.45, 2.75) is 45.2 Å². The van der Waals surface area contributed by atoms with E-state index in [1.54, 1.807) is 0 Å². The van der Waals surface area contributed by atoms with Crippen molar-refractivity contribution < 1.29 is 4.79 Å². The largest absolute Gasteiger partial charge is 0.334 e. The summed E-state index contributed by atoms with van der Waals surface area (Å²) in [7, 11) is 0. The first-order valence-electron chi connectivity index (χ1n) is 6.89. The van der Waals surface area contributed by atoms with Crippen LogP contribution in [0.3, 0.4) is 0 Å². The zero-order valence-corrected chi connectivity index (χ0v) is 12.1. The van der Waals surface area contributed by atoms with Crippen LogP contribution in [0.25, 0.3) is 0 Å². The summed E-state index contributed by atoms with van der Waals surface area (Å²) in [5.74, 6) is 0.112. The van der Waals surface area contributed by atoms with Crippen LogP contribution in [0, 0.1) is 0 Å². The maximum absolute atomic E-state index is 12.6. The number of halogens is 1. The molecule has 2 N–H and O–H groups in total. The van der Waals surface area contributed by atoms with Crippen molar-refractivity contribution in [3.8, 4) is 0 Å². The van der Waals surface area contributed by atoms with Crippen LogP contribution in [0.4, 0.5) is 0 Å². The van der Waals surface area contributed by atoms with E-state index in [1.165, 1.54) is 0 Å². The molecule has 1 fully saturated rings. The molecular formula is C13H21ClN4O. The highest BCUT2D eigenvalue weighted by Gasteiger charge is 2.31. The molecule has 2 aliphatic rings. The van der Waals surface area contributed by atoms with Crippen molar-refractivity contribution in [2.24, 2.45) is 0 Å². The number of rotatable bonds is 2.